The summed E-state index contributed by atoms with van der Waals surface area (Å²) in [6.07, 6.45) is 1.38. The van der Waals surface area contributed by atoms with E-state index < -0.39 is 0 Å². The Bertz CT molecular complexity index is 384. The van der Waals surface area contributed by atoms with Crippen LogP contribution >= 0.6 is 0 Å². The Labute approximate surface area is 89.0 Å². The van der Waals surface area contributed by atoms with Crippen LogP contribution in [-0.2, 0) is 11.2 Å². The molecule has 0 radical (unpaired) electrons. The van der Waals surface area contributed by atoms with E-state index in [9.17, 15) is 4.79 Å². The molecule has 80 valence electrons. The summed E-state index contributed by atoms with van der Waals surface area (Å²) in [5.74, 6) is 0.788. The van der Waals surface area contributed by atoms with Crippen molar-refractivity contribution in [2.75, 3.05) is 14.2 Å². The Morgan fingerprint density at radius 1 is 1.33 bits per heavy atom. The van der Waals surface area contributed by atoms with Gasteiger partial charge in [0.1, 0.15) is 11.9 Å². The maximum atomic E-state index is 11.9. The van der Waals surface area contributed by atoms with E-state index in [1.165, 1.54) is 0 Å². The molecule has 3 nitrogen and oxygen atoms in total. The highest BCUT2D eigenvalue weighted by Gasteiger charge is 2.27. The molecule has 1 unspecified atom stereocenters. The summed E-state index contributed by atoms with van der Waals surface area (Å²) in [6.45, 7) is 0. The van der Waals surface area contributed by atoms with Crippen LogP contribution in [0.2, 0.25) is 0 Å². The molecule has 1 aromatic carbocycles. The second-order valence-corrected chi connectivity index (χ2v) is 3.65. The van der Waals surface area contributed by atoms with Crippen molar-refractivity contribution in [3.8, 4) is 5.75 Å². The molecular weight excluding hydrogens is 192 g/mol. The van der Waals surface area contributed by atoms with E-state index in [-0.39, 0.29) is 11.9 Å². The Kier molecular flexibility index (Phi) is 2.73. The Hall–Kier alpha value is -1.35. The number of aryl methyl sites for hydroxylation is 1. The molecule has 0 aliphatic heterocycles. The molecule has 0 bridgehead atoms. The molecular formula is C12H14O3. The minimum absolute atomic E-state index is 0.0673. The summed E-state index contributed by atoms with van der Waals surface area (Å²) in [5.41, 5.74) is 1.83. The lowest BCUT2D eigenvalue weighted by Gasteiger charge is -2.22. The maximum absolute atomic E-state index is 11.9. The van der Waals surface area contributed by atoms with Gasteiger partial charge >= 0.3 is 0 Å². The number of carbonyl (C=O) groups excluding carboxylic acids is 1. The van der Waals surface area contributed by atoms with Crippen LogP contribution in [0.4, 0.5) is 0 Å². The molecule has 0 heterocycles. The summed E-state index contributed by atoms with van der Waals surface area (Å²) >= 11 is 0. The molecule has 15 heavy (non-hydrogen) atoms. The number of hydrogen-bond acceptors (Lipinski definition) is 3. The molecule has 0 N–H and O–H groups in total. The van der Waals surface area contributed by atoms with Crippen LogP contribution in [0.5, 0.6) is 5.75 Å². The van der Waals surface area contributed by atoms with Crippen molar-refractivity contribution in [1.82, 2.24) is 0 Å². The molecule has 1 aliphatic carbocycles. The topological polar surface area (TPSA) is 35.5 Å². The van der Waals surface area contributed by atoms with Gasteiger partial charge in [0, 0.05) is 12.7 Å². The number of Topliss-reactive ketones (excluding diaryl/α,β-unsaturated/α-hetero) is 1. The molecule has 3 heteroatoms. The Balaban J connectivity index is 2.40. The average Bonchev–Trinajstić information content (AvgIpc) is 2.29. The lowest BCUT2D eigenvalue weighted by atomic mass is 9.88. The smallest absolute Gasteiger partial charge is 0.191 e. The van der Waals surface area contributed by atoms with Crippen LogP contribution in [0.1, 0.15) is 22.3 Å². The molecule has 0 aromatic heterocycles. The normalized spacial score (nSPS) is 19.9. The number of carbonyl (C=O) groups is 1. The summed E-state index contributed by atoms with van der Waals surface area (Å²) < 4.78 is 10.2. The number of benzene rings is 1. The number of methoxy groups -OCH3 is 2. The van der Waals surface area contributed by atoms with Crippen molar-refractivity contribution in [1.29, 1.82) is 0 Å². The zero-order valence-corrected chi connectivity index (χ0v) is 8.95. The molecule has 0 spiro atoms. The second kappa shape index (κ2) is 4.03. The first-order chi connectivity index (χ1) is 7.26. The lowest BCUT2D eigenvalue weighted by Crippen LogP contribution is -2.29. The van der Waals surface area contributed by atoms with Crippen LogP contribution in [0, 0.1) is 0 Å². The van der Waals surface area contributed by atoms with E-state index in [1.54, 1.807) is 20.3 Å². The number of rotatable bonds is 2. The third-order valence-corrected chi connectivity index (χ3v) is 2.84. The van der Waals surface area contributed by atoms with Gasteiger partial charge < -0.3 is 9.47 Å². The summed E-state index contributed by atoms with van der Waals surface area (Å²) in [6, 6.07) is 5.64. The zero-order valence-electron chi connectivity index (χ0n) is 8.95. The number of ketones is 1. The largest absolute Gasteiger partial charge is 0.497 e. The van der Waals surface area contributed by atoms with Crippen molar-refractivity contribution in [2.24, 2.45) is 0 Å². The molecule has 0 saturated carbocycles. The predicted molar refractivity (Wildman–Crippen MR) is 56.4 cm³/mol. The van der Waals surface area contributed by atoms with Crippen LogP contribution in [-0.4, -0.2) is 26.1 Å². The van der Waals surface area contributed by atoms with E-state index in [2.05, 4.69) is 0 Å². The number of hydrogen-bond donors (Lipinski definition) is 0. The Morgan fingerprint density at radius 2 is 2.13 bits per heavy atom. The van der Waals surface area contributed by atoms with Gasteiger partial charge in [0.2, 0.25) is 0 Å². The molecule has 0 saturated heterocycles. The minimum Gasteiger partial charge on any atom is -0.497 e. The van der Waals surface area contributed by atoms with Gasteiger partial charge in [-0.3, -0.25) is 4.79 Å². The van der Waals surface area contributed by atoms with Gasteiger partial charge in [-0.15, -0.1) is 0 Å². The van der Waals surface area contributed by atoms with Gasteiger partial charge in [0.15, 0.2) is 5.78 Å². The van der Waals surface area contributed by atoms with Crippen LogP contribution in [0.15, 0.2) is 18.2 Å². The van der Waals surface area contributed by atoms with E-state index in [0.717, 1.165) is 29.7 Å². The quantitative estimate of drug-likeness (QED) is 0.740. The monoisotopic (exact) mass is 206 g/mol. The minimum atomic E-state index is -0.287. The first-order valence-corrected chi connectivity index (χ1v) is 5.00. The number of fused-ring (bicyclic) bond motifs is 1. The Morgan fingerprint density at radius 3 is 2.80 bits per heavy atom. The highest BCUT2D eigenvalue weighted by molar-refractivity contribution is 6.02. The van der Waals surface area contributed by atoms with Crippen LogP contribution in [0.25, 0.3) is 0 Å². The average molecular weight is 206 g/mol. The highest BCUT2D eigenvalue weighted by atomic mass is 16.5. The fraction of sp³-hybridized carbons (Fsp3) is 0.417. The van der Waals surface area contributed by atoms with Gasteiger partial charge in [-0.2, -0.15) is 0 Å². The van der Waals surface area contributed by atoms with Crippen molar-refractivity contribution in [3.63, 3.8) is 0 Å². The summed E-state index contributed by atoms with van der Waals surface area (Å²) in [5, 5.41) is 0. The van der Waals surface area contributed by atoms with Crippen molar-refractivity contribution >= 4 is 5.78 Å². The van der Waals surface area contributed by atoms with Gasteiger partial charge in [-0.05, 0) is 30.5 Å². The third kappa shape index (κ3) is 1.75. The summed E-state index contributed by atoms with van der Waals surface area (Å²) in [7, 11) is 3.18. The van der Waals surface area contributed by atoms with E-state index in [1.807, 2.05) is 12.1 Å². The third-order valence-electron chi connectivity index (χ3n) is 2.84. The molecule has 1 aromatic rings. The first kappa shape index (κ1) is 10.2. The van der Waals surface area contributed by atoms with E-state index in [0.29, 0.717) is 0 Å². The molecule has 2 rings (SSSR count). The van der Waals surface area contributed by atoms with E-state index in [4.69, 9.17) is 9.47 Å². The predicted octanol–water partition coefficient (Wildman–Crippen LogP) is 1.84. The standard InChI is InChI=1S/C12H14O3/c1-14-9-5-3-8-4-6-11(15-2)12(13)10(8)7-9/h3,5,7,11H,4,6H2,1-2H3. The van der Waals surface area contributed by atoms with Gasteiger partial charge in [0.25, 0.3) is 0 Å². The fourth-order valence-corrected chi connectivity index (χ4v) is 1.95. The van der Waals surface area contributed by atoms with Crippen LogP contribution in [0.3, 0.4) is 0 Å². The second-order valence-electron chi connectivity index (χ2n) is 3.65. The summed E-state index contributed by atoms with van der Waals surface area (Å²) in [4.78, 5) is 11.9. The molecule has 0 fully saturated rings. The molecule has 1 aliphatic rings. The zero-order chi connectivity index (χ0) is 10.8. The van der Waals surface area contributed by atoms with Gasteiger partial charge in [-0.1, -0.05) is 6.07 Å². The maximum Gasteiger partial charge on any atom is 0.191 e. The number of ether oxygens (including phenoxy) is 2. The SMILES string of the molecule is COc1ccc2c(c1)C(=O)C(OC)CC2. The van der Waals surface area contributed by atoms with Crippen molar-refractivity contribution in [3.05, 3.63) is 29.3 Å². The van der Waals surface area contributed by atoms with E-state index >= 15 is 0 Å². The lowest BCUT2D eigenvalue weighted by molar-refractivity contribution is 0.0559. The van der Waals surface area contributed by atoms with Crippen LogP contribution < -0.4 is 4.74 Å². The van der Waals surface area contributed by atoms with Crippen molar-refractivity contribution < 1.29 is 14.3 Å². The van der Waals surface area contributed by atoms with Gasteiger partial charge in [-0.25, -0.2) is 0 Å². The first-order valence-electron chi connectivity index (χ1n) is 5.00. The molecule has 1 atom stereocenters. The highest BCUT2D eigenvalue weighted by Crippen LogP contribution is 2.26. The van der Waals surface area contributed by atoms with Crippen molar-refractivity contribution in [2.45, 2.75) is 18.9 Å². The van der Waals surface area contributed by atoms with Gasteiger partial charge in [0.05, 0.1) is 7.11 Å². The fourth-order valence-electron chi connectivity index (χ4n) is 1.95. The molecule has 0 amide bonds.